The first-order valence-electron chi connectivity index (χ1n) is 11.4. The van der Waals surface area contributed by atoms with Gasteiger partial charge in [-0.05, 0) is 23.8 Å². The molecule has 6 rings (SSSR count). The summed E-state index contributed by atoms with van der Waals surface area (Å²) in [6.45, 7) is 4.19. The van der Waals surface area contributed by atoms with E-state index in [2.05, 4.69) is 64.8 Å². The summed E-state index contributed by atoms with van der Waals surface area (Å²) in [6, 6.07) is 19.3. The van der Waals surface area contributed by atoms with Crippen LogP contribution in [0.4, 0.5) is 11.4 Å². The maximum absolute atomic E-state index is 5.76. The van der Waals surface area contributed by atoms with Crippen LogP contribution in [0.25, 0.3) is 0 Å². The molecule has 2 aromatic rings. The highest BCUT2D eigenvalue weighted by molar-refractivity contribution is 5.60. The third-order valence-corrected chi connectivity index (χ3v) is 6.52. The van der Waals surface area contributed by atoms with Gasteiger partial charge in [-0.2, -0.15) is 0 Å². The molecule has 4 aliphatic rings. The first-order valence-corrected chi connectivity index (χ1v) is 11.4. The quantitative estimate of drug-likeness (QED) is 0.419. The van der Waals surface area contributed by atoms with Crippen LogP contribution in [0.3, 0.4) is 0 Å². The van der Waals surface area contributed by atoms with Crippen LogP contribution in [0.15, 0.2) is 54.6 Å². The molecule has 6 nitrogen and oxygen atoms in total. The molecule has 4 saturated heterocycles. The average molecular weight is 423 g/mol. The van der Waals surface area contributed by atoms with Gasteiger partial charge in [0, 0.05) is 37.2 Å². The SMILES string of the molecule is c1ccc(NC(CC2CO2)(CC2CO2)N(CC2CO2)c2ccccc2CC2CO2)cc1. The Balaban J connectivity index is 1.41. The second-order valence-corrected chi connectivity index (χ2v) is 9.20. The molecule has 2 aromatic carbocycles. The molecular formula is C25H30N2O4. The van der Waals surface area contributed by atoms with Gasteiger partial charge in [-0.1, -0.05) is 36.4 Å². The molecule has 0 amide bonds. The van der Waals surface area contributed by atoms with Gasteiger partial charge in [-0.25, -0.2) is 0 Å². The van der Waals surface area contributed by atoms with Crippen molar-refractivity contribution >= 4 is 11.4 Å². The number of nitrogens with one attached hydrogen (secondary N) is 1. The zero-order chi connectivity index (χ0) is 20.7. The standard InChI is InChI=1S/C25H30N2O4/c1-2-7-19(8-3-1)26-25(11-21-15-29-21,12-22-16-30-22)27(13-23-17-31-23)24-9-5-4-6-18(24)10-20-14-28-20/h1-9,20-23,26H,10-17H2. The van der Waals surface area contributed by atoms with Crippen LogP contribution in [0.2, 0.25) is 0 Å². The van der Waals surface area contributed by atoms with E-state index in [0.29, 0.717) is 6.10 Å². The van der Waals surface area contributed by atoms with E-state index in [0.717, 1.165) is 57.9 Å². The fraction of sp³-hybridized carbons (Fsp3) is 0.520. The topological polar surface area (TPSA) is 65.4 Å². The zero-order valence-corrected chi connectivity index (χ0v) is 17.7. The van der Waals surface area contributed by atoms with E-state index < -0.39 is 0 Å². The highest BCUT2D eigenvalue weighted by Crippen LogP contribution is 2.41. The summed E-state index contributed by atoms with van der Waals surface area (Å²) < 4.78 is 22.8. The van der Waals surface area contributed by atoms with Gasteiger partial charge in [-0.15, -0.1) is 0 Å². The number of epoxide rings is 4. The van der Waals surface area contributed by atoms with Gasteiger partial charge >= 0.3 is 0 Å². The number of ether oxygens (including phenoxy) is 4. The Kier molecular flexibility index (Phi) is 5.11. The lowest BCUT2D eigenvalue weighted by molar-refractivity contribution is 0.272. The second-order valence-electron chi connectivity index (χ2n) is 9.20. The van der Waals surface area contributed by atoms with Crippen molar-refractivity contribution in [1.82, 2.24) is 0 Å². The summed E-state index contributed by atoms with van der Waals surface area (Å²) in [5.41, 5.74) is 3.39. The lowest BCUT2D eigenvalue weighted by Crippen LogP contribution is -2.58. The molecular weight excluding hydrogens is 392 g/mol. The van der Waals surface area contributed by atoms with Crippen LogP contribution >= 0.6 is 0 Å². The minimum Gasteiger partial charge on any atom is -0.373 e. The van der Waals surface area contributed by atoms with E-state index in [1.807, 2.05) is 0 Å². The van der Waals surface area contributed by atoms with Gasteiger partial charge in [-0.3, -0.25) is 0 Å². The minimum atomic E-state index is -0.323. The van der Waals surface area contributed by atoms with Gasteiger partial charge in [0.1, 0.15) is 5.66 Å². The molecule has 0 aliphatic carbocycles. The van der Waals surface area contributed by atoms with Crippen LogP contribution in [0, 0.1) is 0 Å². The molecule has 0 spiro atoms. The molecule has 0 bridgehead atoms. The third kappa shape index (κ3) is 4.88. The summed E-state index contributed by atoms with van der Waals surface area (Å²) in [7, 11) is 0. The highest BCUT2D eigenvalue weighted by atomic mass is 16.6. The van der Waals surface area contributed by atoms with Crippen molar-refractivity contribution in [2.75, 3.05) is 43.2 Å². The molecule has 4 heterocycles. The Bertz CT molecular complexity index is 877. The predicted molar refractivity (Wildman–Crippen MR) is 118 cm³/mol. The smallest absolute Gasteiger partial charge is 0.115 e. The number of rotatable bonds is 12. The summed E-state index contributed by atoms with van der Waals surface area (Å²) in [5, 5.41) is 3.94. The maximum atomic E-state index is 5.76. The van der Waals surface area contributed by atoms with E-state index in [9.17, 15) is 0 Å². The van der Waals surface area contributed by atoms with Crippen molar-refractivity contribution in [3.05, 3.63) is 60.2 Å². The minimum absolute atomic E-state index is 0.266. The van der Waals surface area contributed by atoms with Crippen LogP contribution in [-0.4, -0.2) is 63.1 Å². The van der Waals surface area contributed by atoms with Gasteiger partial charge in [0.15, 0.2) is 0 Å². The largest absolute Gasteiger partial charge is 0.373 e. The first kappa shape index (κ1) is 19.6. The van der Waals surface area contributed by atoms with Crippen molar-refractivity contribution in [3.8, 4) is 0 Å². The van der Waals surface area contributed by atoms with Crippen molar-refractivity contribution in [1.29, 1.82) is 0 Å². The monoisotopic (exact) mass is 422 g/mol. The molecule has 1 N–H and O–H groups in total. The molecule has 4 atom stereocenters. The van der Waals surface area contributed by atoms with Crippen molar-refractivity contribution < 1.29 is 18.9 Å². The fourth-order valence-corrected chi connectivity index (χ4v) is 4.65. The van der Waals surface area contributed by atoms with Crippen molar-refractivity contribution in [3.63, 3.8) is 0 Å². The van der Waals surface area contributed by atoms with Crippen LogP contribution < -0.4 is 10.2 Å². The molecule has 0 saturated carbocycles. The summed E-state index contributed by atoms with van der Waals surface area (Å²) in [6.07, 6.45) is 3.91. The molecule has 31 heavy (non-hydrogen) atoms. The van der Waals surface area contributed by atoms with E-state index in [4.69, 9.17) is 18.9 Å². The van der Waals surface area contributed by atoms with Crippen LogP contribution in [0.5, 0.6) is 0 Å². The summed E-state index contributed by atoms with van der Waals surface area (Å²) in [4.78, 5) is 2.55. The molecule has 0 aromatic heterocycles. The zero-order valence-electron chi connectivity index (χ0n) is 17.7. The number of nitrogens with zero attached hydrogens (tertiary/aromatic N) is 1. The van der Waals surface area contributed by atoms with Crippen molar-refractivity contribution in [2.24, 2.45) is 0 Å². The Morgan fingerprint density at radius 1 is 0.742 bits per heavy atom. The number of hydrogen-bond acceptors (Lipinski definition) is 6. The molecule has 4 aliphatic heterocycles. The Morgan fingerprint density at radius 2 is 1.32 bits per heavy atom. The van der Waals surface area contributed by atoms with Gasteiger partial charge in [0.25, 0.3) is 0 Å². The number of para-hydroxylation sites is 2. The lowest BCUT2D eigenvalue weighted by atomic mass is 9.92. The predicted octanol–water partition coefficient (Wildman–Crippen LogP) is 3.22. The van der Waals surface area contributed by atoms with E-state index in [1.165, 1.54) is 11.3 Å². The van der Waals surface area contributed by atoms with Gasteiger partial charge in [0.05, 0.1) is 50.8 Å². The molecule has 4 unspecified atom stereocenters. The van der Waals surface area contributed by atoms with Crippen LogP contribution in [0.1, 0.15) is 18.4 Å². The molecule has 164 valence electrons. The normalized spacial score (nSPS) is 29.7. The molecule has 6 heteroatoms. The number of benzene rings is 2. The fourth-order valence-electron chi connectivity index (χ4n) is 4.65. The lowest BCUT2D eigenvalue weighted by Gasteiger charge is -2.47. The average Bonchev–Trinajstić information content (AvgIpc) is 3.62. The Labute approximate surface area is 183 Å². The molecule has 4 fully saturated rings. The summed E-state index contributed by atoms with van der Waals surface area (Å²) in [5.74, 6) is 0. The Morgan fingerprint density at radius 3 is 1.94 bits per heavy atom. The highest BCUT2D eigenvalue weighted by Gasteiger charge is 2.48. The van der Waals surface area contributed by atoms with Crippen LogP contribution in [-0.2, 0) is 25.4 Å². The number of hydrogen-bond donors (Lipinski definition) is 1. The molecule has 0 radical (unpaired) electrons. The maximum Gasteiger partial charge on any atom is 0.115 e. The van der Waals surface area contributed by atoms with E-state index in [-0.39, 0.29) is 24.0 Å². The van der Waals surface area contributed by atoms with E-state index in [1.54, 1.807) is 0 Å². The Hall–Kier alpha value is -2.12. The summed E-state index contributed by atoms with van der Waals surface area (Å²) >= 11 is 0. The third-order valence-electron chi connectivity index (χ3n) is 6.52. The number of anilines is 2. The van der Waals surface area contributed by atoms with Crippen molar-refractivity contribution in [2.45, 2.75) is 49.3 Å². The van der Waals surface area contributed by atoms with E-state index >= 15 is 0 Å². The second kappa shape index (κ2) is 8.10. The first-order chi connectivity index (χ1) is 15.3. The van der Waals surface area contributed by atoms with Gasteiger partial charge < -0.3 is 29.2 Å². The van der Waals surface area contributed by atoms with Gasteiger partial charge in [0.2, 0.25) is 0 Å².